The molecule has 0 saturated heterocycles. The predicted molar refractivity (Wildman–Crippen MR) is 113 cm³/mol. The van der Waals surface area contributed by atoms with Gasteiger partial charge in [0.1, 0.15) is 12.4 Å². The molecule has 0 fully saturated rings. The molecule has 0 radical (unpaired) electrons. The number of para-hydroxylation sites is 1. The van der Waals surface area contributed by atoms with Crippen LogP contribution in [-0.2, 0) is 13.2 Å². The maximum absolute atomic E-state index is 6.20. The van der Waals surface area contributed by atoms with E-state index in [1.807, 2.05) is 6.07 Å². The minimum atomic E-state index is 0.574. The number of ether oxygens (including phenoxy) is 1. The maximum atomic E-state index is 6.20. The van der Waals surface area contributed by atoms with Crippen molar-refractivity contribution in [2.24, 2.45) is 0 Å². The number of H-pyrrole nitrogens is 1. The molecule has 138 valence electrons. The van der Waals surface area contributed by atoms with E-state index in [2.05, 4.69) is 84.4 Å². The number of benzene rings is 3. The van der Waals surface area contributed by atoms with E-state index in [0.29, 0.717) is 6.61 Å². The van der Waals surface area contributed by atoms with E-state index >= 15 is 0 Å². The lowest BCUT2D eigenvalue weighted by Gasteiger charge is -2.18. The molecule has 0 aliphatic heterocycles. The number of aromatic amines is 1. The Balaban J connectivity index is 1.52. The Hall–Kier alpha value is -2.78. The molecule has 4 aromatic rings. The highest BCUT2D eigenvalue weighted by atomic mass is 16.5. The molecule has 0 aliphatic rings. The first-order valence-electron chi connectivity index (χ1n) is 9.71. The van der Waals surface area contributed by atoms with Crippen LogP contribution in [0, 0.1) is 0 Å². The van der Waals surface area contributed by atoms with Gasteiger partial charge in [0, 0.05) is 22.8 Å². The first kappa shape index (κ1) is 17.6. The summed E-state index contributed by atoms with van der Waals surface area (Å²) in [6, 6.07) is 23.3. The molecule has 0 bridgehead atoms. The highest BCUT2D eigenvalue weighted by Crippen LogP contribution is 2.33. The van der Waals surface area contributed by atoms with E-state index in [4.69, 9.17) is 4.74 Å². The summed E-state index contributed by atoms with van der Waals surface area (Å²) < 4.78 is 6.20. The average Bonchev–Trinajstić information content (AvgIpc) is 3.10. The van der Waals surface area contributed by atoms with Gasteiger partial charge in [-0.1, -0.05) is 62.4 Å². The second-order valence-electron chi connectivity index (χ2n) is 6.92. The molecule has 0 atom stereocenters. The Kier molecular flexibility index (Phi) is 5.12. The van der Waals surface area contributed by atoms with Gasteiger partial charge in [0.05, 0.1) is 5.52 Å². The molecule has 3 aromatic carbocycles. The van der Waals surface area contributed by atoms with Gasteiger partial charge >= 0.3 is 0 Å². The van der Waals surface area contributed by atoms with Crippen molar-refractivity contribution in [1.29, 1.82) is 0 Å². The molecule has 0 saturated carbocycles. The fourth-order valence-electron chi connectivity index (χ4n) is 3.60. The Morgan fingerprint density at radius 2 is 1.48 bits per heavy atom. The van der Waals surface area contributed by atoms with Crippen molar-refractivity contribution in [3.05, 3.63) is 77.9 Å². The first-order chi connectivity index (χ1) is 13.3. The van der Waals surface area contributed by atoms with Gasteiger partial charge in [-0.3, -0.25) is 4.90 Å². The van der Waals surface area contributed by atoms with Crippen LogP contribution in [0.5, 0.6) is 5.75 Å². The van der Waals surface area contributed by atoms with Crippen molar-refractivity contribution in [2.75, 3.05) is 13.1 Å². The molecule has 0 unspecified atom stereocenters. The zero-order valence-corrected chi connectivity index (χ0v) is 16.0. The Morgan fingerprint density at radius 1 is 0.778 bits per heavy atom. The summed E-state index contributed by atoms with van der Waals surface area (Å²) in [6.45, 7) is 8.15. The molecular weight excluding hydrogens is 332 g/mol. The fourth-order valence-corrected chi connectivity index (χ4v) is 3.60. The third kappa shape index (κ3) is 3.69. The molecule has 1 aromatic heterocycles. The van der Waals surface area contributed by atoms with Crippen LogP contribution >= 0.6 is 0 Å². The van der Waals surface area contributed by atoms with Crippen molar-refractivity contribution >= 4 is 21.8 Å². The molecule has 0 aliphatic carbocycles. The van der Waals surface area contributed by atoms with E-state index in [0.717, 1.165) is 41.8 Å². The standard InChI is InChI=1S/C24H26N2O/c1-3-26(4-2)16-18-12-14-19(15-13-18)17-27-23-11-7-10-22-24(23)20-8-5-6-9-21(20)25-22/h5-15,25H,3-4,16-17H2,1-2H3. The van der Waals surface area contributed by atoms with E-state index in [1.165, 1.54) is 16.5 Å². The predicted octanol–water partition coefficient (Wildman–Crippen LogP) is 5.74. The maximum Gasteiger partial charge on any atom is 0.129 e. The van der Waals surface area contributed by atoms with Crippen LogP contribution in [-0.4, -0.2) is 23.0 Å². The van der Waals surface area contributed by atoms with Crippen LogP contribution in [0.4, 0.5) is 0 Å². The summed E-state index contributed by atoms with van der Waals surface area (Å²) in [7, 11) is 0. The molecule has 3 nitrogen and oxygen atoms in total. The molecule has 3 heteroatoms. The van der Waals surface area contributed by atoms with E-state index in [1.54, 1.807) is 0 Å². The van der Waals surface area contributed by atoms with Gasteiger partial charge in [0.25, 0.3) is 0 Å². The summed E-state index contributed by atoms with van der Waals surface area (Å²) >= 11 is 0. The molecule has 27 heavy (non-hydrogen) atoms. The van der Waals surface area contributed by atoms with Crippen molar-refractivity contribution in [3.8, 4) is 5.75 Å². The van der Waals surface area contributed by atoms with Crippen LogP contribution in [0.25, 0.3) is 21.8 Å². The Labute approximate surface area is 160 Å². The number of rotatable bonds is 7. The van der Waals surface area contributed by atoms with Gasteiger partial charge in [0.2, 0.25) is 0 Å². The molecule has 0 amide bonds. The third-order valence-electron chi connectivity index (χ3n) is 5.21. The van der Waals surface area contributed by atoms with Gasteiger partial charge in [-0.25, -0.2) is 0 Å². The number of hydrogen-bond donors (Lipinski definition) is 1. The Bertz CT molecular complexity index is 1030. The number of aromatic nitrogens is 1. The third-order valence-corrected chi connectivity index (χ3v) is 5.21. The molecule has 4 rings (SSSR count). The van der Waals surface area contributed by atoms with Gasteiger partial charge in [-0.05, 0) is 42.4 Å². The highest BCUT2D eigenvalue weighted by molar-refractivity contribution is 6.10. The summed E-state index contributed by atoms with van der Waals surface area (Å²) in [5.74, 6) is 0.928. The number of hydrogen-bond acceptors (Lipinski definition) is 2. The average molecular weight is 358 g/mol. The first-order valence-corrected chi connectivity index (χ1v) is 9.71. The smallest absolute Gasteiger partial charge is 0.129 e. The van der Waals surface area contributed by atoms with E-state index < -0.39 is 0 Å². The number of nitrogens with one attached hydrogen (secondary N) is 1. The van der Waals surface area contributed by atoms with Gasteiger partial charge < -0.3 is 9.72 Å². The highest BCUT2D eigenvalue weighted by Gasteiger charge is 2.09. The molecular formula is C24H26N2O. The van der Waals surface area contributed by atoms with Crippen LogP contribution in [0.1, 0.15) is 25.0 Å². The zero-order valence-electron chi connectivity index (χ0n) is 16.0. The second-order valence-corrected chi connectivity index (χ2v) is 6.92. The largest absolute Gasteiger partial charge is 0.488 e. The van der Waals surface area contributed by atoms with Gasteiger partial charge in [-0.2, -0.15) is 0 Å². The van der Waals surface area contributed by atoms with Crippen molar-refractivity contribution in [1.82, 2.24) is 9.88 Å². The van der Waals surface area contributed by atoms with Crippen molar-refractivity contribution in [3.63, 3.8) is 0 Å². The number of nitrogens with zero attached hydrogens (tertiary/aromatic N) is 1. The topological polar surface area (TPSA) is 28.3 Å². The van der Waals surface area contributed by atoms with Crippen molar-refractivity contribution < 1.29 is 4.74 Å². The minimum Gasteiger partial charge on any atom is -0.488 e. The van der Waals surface area contributed by atoms with Crippen LogP contribution < -0.4 is 4.74 Å². The molecule has 1 heterocycles. The van der Waals surface area contributed by atoms with Crippen LogP contribution in [0.3, 0.4) is 0 Å². The van der Waals surface area contributed by atoms with Crippen molar-refractivity contribution in [2.45, 2.75) is 27.0 Å². The van der Waals surface area contributed by atoms with E-state index in [9.17, 15) is 0 Å². The van der Waals surface area contributed by atoms with Gasteiger partial charge in [0.15, 0.2) is 0 Å². The SMILES string of the molecule is CCN(CC)Cc1ccc(COc2cccc3[nH]c4ccccc4c23)cc1. The normalized spacial score (nSPS) is 11.5. The summed E-state index contributed by atoms with van der Waals surface area (Å²) in [5, 5.41) is 2.36. The second kappa shape index (κ2) is 7.85. The number of fused-ring (bicyclic) bond motifs is 3. The summed E-state index contributed by atoms with van der Waals surface area (Å²) in [4.78, 5) is 5.89. The lowest BCUT2D eigenvalue weighted by Crippen LogP contribution is -2.22. The molecule has 1 N–H and O–H groups in total. The summed E-state index contributed by atoms with van der Waals surface area (Å²) in [5.41, 5.74) is 4.80. The van der Waals surface area contributed by atoms with E-state index in [-0.39, 0.29) is 0 Å². The lowest BCUT2D eigenvalue weighted by molar-refractivity contribution is 0.295. The minimum absolute atomic E-state index is 0.574. The van der Waals surface area contributed by atoms with Crippen LogP contribution in [0.15, 0.2) is 66.7 Å². The quantitative estimate of drug-likeness (QED) is 0.456. The zero-order chi connectivity index (χ0) is 18.6. The fraction of sp³-hybridized carbons (Fsp3) is 0.250. The van der Waals surface area contributed by atoms with Crippen LogP contribution in [0.2, 0.25) is 0 Å². The Morgan fingerprint density at radius 3 is 2.26 bits per heavy atom. The molecule has 0 spiro atoms. The summed E-state index contributed by atoms with van der Waals surface area (Å²) in [6.07, 6.45) is 0. The lowest BCUT2D eigenvalue weighted by atomic mass is 10.1. The van der Waals surface area contributed by atoms with Gasteiger partial charge in [-0.15, -0.1) is 0 Å². The monoisotopic (exact) mass is 358 g/mol.